The molecule has 22 heteroatoms. The number of rotatable bonds is 30. The Morgan fingerprint density at radius 2 is 1.05 bits per heavy atom. The lowest BCUT2D eigenvalue weighted by molar-refractivity contribution is -0.138. The summed E-state index contributed by atoms with van der Waals surface area (Å²) in [6.07, 6.45) is 3.86. The first-order valence-corrected chi connectivity index (χ1v) is 20.9. The summed E-state index contributed by atoms with van der Waals surface area (Å²) in [6, 6.07) is -6.37. The lowest BCUT2D eigenvalue weighted by atomic mass is 10.00. The molecule has 0 aliphatic rings. The van der Waals surface area contributed by atoms with Crippen LogP contribution in [-0.4, -0.2) is 133 Å². The first-order chi connectivity index (χ1) is 27.2. The van der Waals surface area contributed by atoms with E-state index < -0.39 is 96.7 Å². The smallest absolute Gasteiger partial charge is 0.322 e. The number of nitrogens with zero attached hydrogens (tertiary/aromatic N) is 1. The van der Waals surface area contributed by atoms with Crippen LogP contribution in [0.25, 0.3) is 0 Å². The molecule has 0 aromatic heterocycles. The number of carboxylic acid groups (broad SMARTS) is 1. The highest BCUT2D eigenvalue weighted by Crippen LogP contribution is 2.10. The molecular formula is C36H68N12O9S. The molecular weight excluding hydrogens is 777 g/mol. The summed E-state index contributed by atoms with van der Waals surface area (Å²) in [5, 5.41) is 26.9. The molecule has 0 aliphatic carbocycles. The van der Waals surface area contributed by atoms with Crippen LogP contribution in [0.15, 0.2) is 4.99 Å². The second-order valence-corrected chi connectivity index (χ2v) is 15.7. The summed E-state index contributed by atoms with van der Waals surface area (Å²) < 4.78 is 0. The van der Waals surface area contributed by atoms with Crippen molar-refractivity contribution in [2.24, 2.45) is 39.8 Å². The fraction of sp³-hybridized carbons (Fsp3) is 0.750. The molecule has 0 aliphatic heterocycles. The van der Waals surface area contributed by atoms with Crippen molar-refractivity contribution in [2.75, 3.05) is 38.2 Å². The quantitative estimate of drug-likeness (QED) is 0.0196. The van der Waals surface area contributed by atoms with E-state index in [1.54, 1.807) is 6.26 Å². The fourth-order valence-electron chi connectivity index (χ4n) is 5.39. The van der Waals surface area contributed by atoms with Gasteiger partial charge in [-0.2, -0.15) is 11.8 Å². The van der Waals surface area contributed by atoms with Crippen LogP contribution in [0.5, 0.6) is 0 Å². The summed E-state index contributed by atoms with van der Waals surface area (Å²) in [6.45, 7) is 8.14. The van der Waals surface area contributed by atoms with Gasteiger partial charge in [0.1, 0.15) is 36.8 Å². The maximum Gasteiger partial charge on any atom is 0.322 e. The molecule has 0 bridgehead atoms. The van der Waals surface area contributed by atoms with Crippen LogP contribution < -0.4 is 60.2 Å². The van der Waals surface area contributed by atoms with Gasteiger partial charge in [0.05, 0.1) is 12.6 Å². The van der Waals surface area contributed by atoms with Crippen molar-refractivity contribution < 1.29 is 43.5 Å². The Hall–Kier alpha value is -4.70. The number of carbonyl (C=O) groups excluding carboxylic acids is 7. The summed E-state index contributed by atoms with van der Waals surface area (Å²) in [5.41, 5.74) is 22.1. The van der Waals surface area contributed by atoms with Gasteiger partial charge >= 0.3 is 5.97 Å². The van der Waals surface area contributed by atoms with Crippen molar-refractivity contribution in [3.63, 3.8) is 0 Å². The van der Waals surface area contributed by atoms with Crippen molar-refractivity contribution >= 4 is 65.0 Å². The van der Waals surface area contributed by atoms with E-state index in [0.29, 0.717) is 25.1 Å². The maximum atomic E-state index is 13.7. The Kier molecular flexibility index (Phi) is 27.1. The van der Waals surface area contributed by atoms with Gasteiger partial charge in [-0.05, 0) is 88.7 Å². The van der Waals surface area contributed by atoms with Crippen LogP contribution in [0.3, 0.4) is 0 Å². The normalized spacial score (nSPS) is 14.1. The third-order valence-corrected chi connectivity index (χ3v) is 9.00. The maximum absolute atomic E-state index is 13.7. The van der Waals surface area contributed by atoms with Gasteiger partial charge in [-0.3, -0.25) is 43.3 Å². The monoisotopic (exact) mass is 844 g/mol. The van der Waals surface area contributed by atoms with E-state index in [4.69, 9.17) is 28.0 Å². The van der Waals surface area contributed by atoms with E-state index in [-0.39, 0.29) is 62.9 Å². The molecule has 7 amide bonds. The highest BCUT2D eigenvalue weighted by Gasteiger charge is 2.31. The van der Waals surface area contributed by atoms with E-state index in [1.165, 1.54) is 18.7 Å². The molecule has 0 aromatic carbocycles. The number of unbranched alkanes of at least 4 members (excludes halogenated alkanes) is 1. The van der Waals surface area contributed by atoms with Crippen LogP contribution >= 0.6 is 11.8 Å². The fourth-order valence-corrected chi connectivity index (χ4v) is 5.86. The largest absolute Gasteiger partial charge is 0.480 e. The second-order valence-electron chi connectivity index (χ2n) is 14.8. The van der Waals surface area contributed by atoms with E-state index in [0.717, 1.165) is 0 Å². The average molecular weight is 845 g/mol. The highest BCUT2D eigenvalue weighted by atomic mass is 32.2. The number of nitrogens with two attached hydrogens (primary N) is 4. The molecule has 0 saturated carbocycles. The van der Waals surface area contributed by atoms with Gasteiger partial charge in [-0.25, -0.2) is 0 Å². The third kappa shape index (κ3) is 24.2. The Labute approximate surface area is 345 Å². The van der Waals surface area contributed by atoms with Crippen molar-refractivity contribution in [1.82, 2.24) is 37.2 Å². The predicted octanol–water partition coefficient (Wildman–Crippen LogP) is -2.90. The topological polar surface area (TPSA) is 357 Å². The molecule has 6 atom stereocenters. The minimum absolute atomic E-state index is 0.0188. The zero-order valence-corrected chi connectivity index (χ0v) is 35.5. The summed E-state index contributed by atoms with van der Waals surface area (Å²) in [5.74, 6) is -5.75. The third-order valence-electron chi connectivity index (χ3n) is 8.35. The minimum atomic E-state index is -1.27. The first kappa shape index (κ1) is 53.3. The van der Waals surface area contributed by atoms with E-state index in [2.05, 4.69) is 42.2 Å². The molecule has 58 heavy (non-hydrogen) atoms. The van der Waals surface area contributed by atoms with Crippen LogP contribution in [0.4, 0.5) is 0 Å². The van der Waals surface area contributed by atoms with E-state index in [9.17, 15) is 38.4 Å². The average Bonchev–Trinajstić information content (AvgIpc) is 3.13. The lowest BCUT2D eigenvalue weighted by Crippen LogP contribution is -2.58. The van der Waals surface area contributed by atoms with Crippen LogP contribution in [0.1, 0.15) is 86.0 Å². The number of carbonyl (C=O) groups is 8. The Balaban J connectivity index is 6.07. The Bertz CT molecular complexity index is 1380. The van der Waals surface area contributed by atoms with Crippen molar-refractivity contribution in [3.05, 3.63) is 0 Å². The van der Waals surface area contributed by atoms with Gasteiger partial charge in [-0.15, -0.1) is 0 Å². The van der Waals surface area contributed by atoms with Gasteiger partial charge < -0.3 is 65.3 Å². The molecule has 0 spiro atoms. The second kappa shape index (κ2) is 29.5. The van der Waals surface area contributed by atoms with Crippen LogP contribution in [0, 0.1) is 11.8 Å². The van der Waals surface area contributed by atoms with Crippen LogP contribution in [0.2, 0.25) is 0 Å². The van der Waals surface area contributed by atoms with Gasteiger partial charge in [0.25, 0.3) is 0 Å². The van der Waals surface area contributed by atoms with Gasteiger partial charge in [0.2, 0.25) is 41.4 Å². The van der Waals surface area contributed by atoms with Crippen molar-refractivity contribution in [1.29, 1.82) is 0 Å². The SMILES string of the molecule is CSCC[C@H](NC(=O)[C@H](CCCN=C(N)N)NC(=O)CNC(=O)[C@H](CC(C)C)NC(=O)[C@H](CC(C)C)NC(=O)[C@H](C)N)C(=O)N[C@@H](CCCCN)C(=O)NCC(=O)O. The van der Waals surface area contributed by atoms with Gasteiger partial charge in [0, 0.05) is 6.54 Å². The molecule has 0 saturated heterocycles. The lowest BCUT2D eigenvalue weighted by Gasteiger charge is -2.26. The van der Waals surface area contributed by atoms with E-state index >= 15 is 0 Å². The molecule has 16 N–H and O–H groups in total. The number of amides is 7. The number of hydrogen-bond acceptors (Lipinski definition) is 12. The van der Waals surface area contributed by atoms with E-state index in [1.807, 2.05) is 27.7 Å². The molecule has 332 valence electrons. The molecule has 0 rings (SSSR count). The number of aliphatic imine (C=N–C) groups is 1. The van der Waals surface area contributed by atoms with Crippen LogP contribution in [-0.2, 0) is 38.4 Å². The Morgan fingerprint density at radius 1 is 0.603 bits per heavy atom. The molecule has 21 nitrogen and oxygen atoms in total. The Morgan fingerprint density at radius 3 is 1.55 bits per heavy atom. The molecule has 0 heterocycles. The highest BCUT2D eigenvalue weighted by molar-refractivity contribution is 7.98. The summed E-state index contributed by atoms with van der Waals surface area (Å²) in [7, 11) is 0. The number of guanidine groups is 1. The number of nitrogens with one attached hydrogen (secondary N) is 7. The molecule has 0 aromatic rings. The standard InChI is InChI=1S/C36H68N12O9S/c1-20(2)16-26(48-35(57)27(17-21(3)4)47-30(52)22(5)38)32(54)42-18-28(49)44-24(11-9-14-41-36(39)40)33(55)46-25(12-15-58-6)34(56)45-23(10-7-8-13-37)31(53)43-19-29(50)51/h20-27H,7-19,37-38H2,1-6H3,(H,42,54)(H,43,53)(H,44,49)(H,45,56)(H,46,55)(H,47,52)(H,48,57)(H,50,51)(H4,39,40,41)/t22-,23-,24-,25-,26-,27-/m0/s1. The molecule has 0 unspecified atom stereocenters. The first-order valence-electron chi connectivity index (χ1n) is 19.5. The molecule has 0 fully saturated rings. The summed E-state index contributed by atoms with van der Waals surface area (Å²) in [4.78, 5) is 107. The zero-order chi connectivity index (χ0) is 44.4. The molecule has 0 radical (unpaired) electrons. The van der Waals surface area contributed by atoms with Gasteiger partial charge in [0.15, 0.2) is 5.96 Å². The zero-order valence-electron chi connectivity index (χ0n) is 34.7. The number of aliphatic carboxylic acids is 1. The number of thioether (sulfide) groups is 1. The predicted molar refractivity (Wildman–Crippen MR) is 222 cm³/mol. The summed E-state index contributed by atoms with van der Waals surface area (Å²) >= 11 is 1.40. The van der Waals surface area contributed by atoms with Crippen molar-refractivity contribution in [2.45, 2.75) is 122 Å². The van der Waals surface area contributed by atoms with Crippen molar-refractivity contribution in [3.8, 4) is 0 Å². The van der Waals surface area contributed by atoms with Gasteiger partial charge in [-0.1, -0.05) is 27.7 Å². The minimum Gasteiger partial charge on any atom is -0.480 e. The number of carboxylic acids is 1. The number of hydrogen-bond donors (Lipinski definition) is 12.